The number of hydrogen-bond donors (Lipinski definition) is 1. The summed E-state index contributed by atoms with van der Waals surface area (Å²) in [5, 5.41) is 0. The van der Waals surface area contributed by atoms with Crippen molar-refractivity contribution in [2.45, 2.75) is 11.9 Å². The molecule has 0 saturated heterocycles. The van der Waals surface area contributed by atoms with Gasteiger partial charge in [0.15, 0.2) is 0 Å². The molecule has 0 fully saturated rings. The first-order valence-corrected chi connectivity index (χ1v) is 6.01. The van der Waals surface area contributed by atoms with Gasteiger partial charge in [-0.3, -0.25) is 4.55 Å². The molecule has 0 spiro atoms. The molecule has 1 aromatic rings. The summed E-state index contributed by atoms with van der Waals surface area (Å²) < 4.78 is 35.9. The van der Waals surface area contributed by atoms with E-state index in [2.05, 4.69) is 0 Å². The molecule has 2 bridgehead atoms. The van der Waals surface area contributed by atoms with Crippen LogP contribution in [0.3, 0.4) is 0 Å². The highest BCUT2D eigenvalue weighted by atomic mass is 32.2. The first-order valence-electron chi connectivity index (χ1n) is 4.51. The summed E-state index contributed by atoms with van der Waals surface area (Å²) in [6, 6.07) is 3.91. The molecule has 4 nitrogen and oxygen atoms in total. The Hall–Kier alpha value is -1.33. The molecule has 0 amide bonds. The Bertz CT molecular complexity index is 571. The van der Waals surface area contributed by atoms with Crippen LogP contribution in [0.25, 0.3) is 6.08 Å². The molecule has 78 valence electrons. The van der Waals surface area contributed by atoms with Gasteiger partial charge in [0.2, 0.25) is 5.44 Å². The van der Waals surface area contributed by atoms with Gasteiger partial charge in [0.1, 0.15) is 5.75 Å². The van der Waals surface area contributed by atoms with Crippen LogP contribution in [0.4, 0.5) is 0 Å². The fourth-order valence-electron chi connectivity index (χ4n) is 1.87. The minimum Gasteiger partial charge on any atom is -0.467 e. The van der Waals surface area contributed by atoms with Crippen LogP contribution >= 0.6 is 0 Å². The maximum absolute atomic E-state index is 10.9. The number of ether oxygens (including phenoxy) is 1. The lowest BCUT2D eigenvalue weighted by Gasteiger charge is -2.27. The van der Waals surface area contributed by atoms with Crippen LogP contribution in [0.1, 0.15) is 16.7 Å². The smallest absolute Gasteiger partial charge is 0.307 e. The quantitative estimate of drug-likeness (QED) is 0.739. The van der Waals surface area contributed by atoms with Gasteiger partial charge in [-0.25, -0.2) is 0 Å². The second-order valence-corrected chi connectivity index (χ2v) is 5.20. The highest BCUT2D eigenvalue weighted by molar-refractivity contribution is 7.86. The van der Waals surface area contributed by atoms with Crippen molar-refractivity contribution in [2.24, 2.45) is 0 Å². The first-order chi connectivity index (χ1) is 7.04. The van der Waals surface area contributed by atoms with Gasteiger partial charge in [0.05, 0.1) is 0 Å². The van der Waals surface area contributed by atoms with E-state index in [0.717, 1.165) is 17.5 Å². The summed E-state index contributed by atoms with van der Waals surface area (Å²) in [5.41, 5.74) is 1.84. The molecule has 0 aromatic heterocycles. The number of rotatable bonds is 1. The molecule has 1 aliphatic heterocycles. The van der Waals surface area contributed by atoms with Crippen molar-refractivity contribution in [1.29, 1.82) is 0 Å². The third-order valence-corrected chi connectivity index (χ3v) is 3.45. The Labute approximate surface area is 86.9 Å². The van der Waals surface area contributed by atoms with E-state index in [4.69, 9.17) is 9.29 Å². The van der Waals surface area contributed by atoms with E-state index in [1.54, 1.807) is 6.08 Å². The minimum atomic E-state index is -4.17. The van der Waals surface area contributed by atoms with Gasteiger partial charge in [-0.1, -0.05) is 12.1 Å². The summed E-state index contributed by atoms with van der Waals surface area (Å²) in [6.07, 6.45) is 3.84. The fraction of sp³-hybridized carbons (Fsp3) is 0.200. The molecule has 5 heteroatoms. The average Bonchev–Trinajstić information content (AvgIpc) is 2.13. The Morgan fingerprint density at radius 3 is 2.80 bits per heavy atom. The maximum atomic E-state index is 10.9. The Kier molecular flexibility index (Phi) is 1.56. The molecule has 1 aromatic carbocycles. The van der Waals surface area contributed by atoms with Crippen molar-refractivity contribution >= 4 is 16.2 Å². The van der Waals surface area contributed by atoms with E-state index in [-0.39, 0.29) is 0 Å². The Morgan fingerprint density at radius 1 is 1.40 bits per heavy atom. The third kappa shape index (κ3) is 1.27. The summed E-state index contributed by atoms with van der Waals surface area (Å²) in [5.74, 6) is 0.579. The van der Waals surface area contributed by atoms with Crippen molar-refractivity contribution in [3.63, 3.8) is 0 Å². The van der Waals surface area contributed by atoms with Gasteiger partial charge in [-0.2, -0.15) is 8.42 Å². The molecular weight excluding hydrogens is 216 g/mol. The first kappa shape index (κ1) is 8.94. The maximum Gasteiger partial charge on any atom is 0.307 e. The van der Waals surface area contributed by atoms with Gasteiger partial charge >= 0.3 is 10.1 Å². The van der Waals surface area contributed by atoms with E-state index in [1.807, 2.05) is 12.1 Å². The predicted octanol–water partition coefficient (Wildman–Crippen LogP) is 1.21. The standard InChI is InChI=1S/C10H8O4S/c11-15(12,13)9-2-1-7-3-6-4-8(5-6)10(7)14-9/h1-4,9H,5H2,(H,11,12,13). The normalized spacial score (nSPS) is 21.5. The van der Waals surface area contributed by atoms with Crippen molar-refractivity contribution in [3.05, 3.63) is 34.9 Å². The van der Waals surface area contributed by atoms with Gasteiger partial charge < -0.3 is 4.74 Å². The van der Waals surface area contributed by atoms with Gasteiger partial charge in [0.25, 0.3) is 0 Å². The molecular formula is C10H8O4S. The highest BCUT2D eigenvalue weighted by Gasteiger charge is 2.29. The van der Waals surface area contributed by atoms with Crippen LogP contribution in [0.2, 0.25) is 0 Å². The molecule has 3 aliphatic rings. The summed E-state index contributed by atoms with van der Waals surface area (Å²) in [6.45, 7) is 0. The van der Waals surface area contributed by atoms with Crippen LogP contribution in [-0.2, 0) is 16.5 Å². The lowest BCUT2D eigenvalue weighted by atomic mass is 9.88. The van der Waals surface area contributed by atoms with Crippen molar-refractivity contribution < 1.29 is 17.7 Å². The largest absolute Gasteiger partial charge is 0.467 e. The van der Waals surface area contributed by atoms with Gasteiger partial charge in [0, 0.05) is 12.0 Å². The summed E-state index contributed by atoms with van der Waals surface area (Å²) in [4.78, 5) is 0. The Morgan fingerprint density at radius 2 is 2.13 bits per heavy atom. The van der Waals surface area contributed by atoms with Crippen LogP contribution < -0.4 is 4.74 Å². The second kappa shape index (κ2) is 2.62. The van der Waals surface area contributed by atoms with E-state index < -0.39 is 15.6 Å². The average molecular weight is 224 g/mol. The lowest BCUT2D eigenvalue weighted by Crippen LogP contribution is -2.28. The van der Waals surface area contributed by atoms with E-state index in [1.165, 1.54) is 11.6 Å². The molecule has 1 unspecified atom stereocenters. The zero-order chi connectivity index (χ0) is 10.6. The molecule has 1 atom stereocenters. The molecule has 1 heterocycles. The van der Waals surface area contributed by atoms with Crippen molar-refractivity contribution in [3.8, 4) is 5.75 Å². The zero-order valence-corrected chi connectivity index (χ0v) is 8.49. The van der Waals surface area contributed by atoms with Crippen LogP contribution in [0.5, 0.6) is 5.75 Å². The SMILES string of the molecule is O=S(=O)(O)C1C=Cc2cc3cc(c2O1)C3. The topological polar surface area (TPSA) is 63.6 Å². The molecule has 1 N–H and O–H groups in total. The van der Waals surface area contributed by atoms with E-state index in [0.29, 0.717) is 5.75 Å². The van der Waals surface area contributed by atoms with E-state index >= 15 is 0 Å². The van der Waals surface area contributed by atoms with E-state index in [9.17, 15) is 8.42 Å². The zero-order valence-electron chi connectivity index (χ0n) is 7.67. The van der Waals surface area contributed by atoms with Crippen molar-refractivity contribution in [1.82, 2.24) is 0 Å². The fourth-order valence-corrected chi connectivity index (χ4v) is 2.36. The van der Waals surface area contributed by atoms with Crippen LogP contribution in [0.15, 0.2) is 18.2 Å². The number of hydrogen-bond acceptors (Lipinski definition) is 3. The lowest BCUT2D eigenvalue weighted by molar-refractivity contribution is 0.290. The third-order valence-electron chi connectivity index (χ3n) is 2.61. The monoisotopic (exact) mass is 224 g/mol. The molecule has 2 aliphatic carbocycles. The molecule has 0 radical (unpaired) electrons. The summed E-state index contributed by atoms with van der Waals surface area (Å²) in [7, 11) is -4.17. The van der Waals surface area contributed by atoms with Crippen LogP contribution in [0, 0.1) is 0 Å². The highest BCUT2D eigenvalue weighted by Crippen LogP contribution is 2.39. The molecule has 0 saturated carbocycles. The minimum absolute atomic E-state index is 0.579. The Balaban J connectivity index is 2.08. The predicted molar refractivity (Wildman–Crippen MR) is 54.2 cm³/mol. The van der Waals surface area contributed by atoms with Gasteiger partial charge in [-0.05, 0) is 23.3 Å². The van der Waals surface area contributed by atoms with Crippen molar-refractivity contribution in [2.75, 3.05) is 0 Å². The number of benzene rings is 1. The molecule has 15 heavy (non-hydrogen) atoms. The second-order valence-electron chi connectivity index (χ2n) is 3.71. The molecule has 4 rings (SSSR count). The summed E-state index contributed by atoms with van der Waals surface area (Å²) >= 11 is 0. The van der Waals surface area contributed by atoms with Crippen LogP contribution in [-0.4, -0.2) is 18.4 Å². The van der Waals surface area contributed by atoms with Gasteiger partial charge in [-0.15, -0.1) is 0 Å².